The second kappa shape index (κ2) is 5.29. The normalized spacial score (nSPS) is 18.1. The molecule has 1 aliphatic rings. The molecule has 1 aromatic carbocycles. The van der Waals surface area contributed by atoms with Crippen LogP contribution in [0.5, 0.6) is 0 Å². The zero-order chi connectivity index (χ0) is 14.0. The maximum absolute atomic E-state index is 11.0. The van der Waals surface area contributed by atoms with Crippen LogP contribution in [0.4, 0.5) is 5.69 Å². The van der Waals surface area contributed by atoms with Crippen molar-refractivity contribution >= 4 is 5.69 Å². The molecule has 1 saturated carbocycles. The summed E-state index contributed by atoms with van der Waals surface area (Å²) in [5.41, 5.74) is 2.41. The van der Waals surface area contributed by atoms with Gasteiger partial charge in [0.25, 0.3) is 5.69 Å². The Labute approximate surface area is 114 Å². The Morgan fingerprint density at radius 2 is 2.16 bits per heavy atom. The molecule has 0 saturated heterocycles. The van der Waals surface area contributed by atoms with Crippen molar-refractivity contribution in [2.45, 2.75) is 46.1 Å². The van der Waals surface area contributed by atoms with Gasteiger partial charge >= 0.3 is 0 Å². The summed E-state index contributed by atoms with van der Waals surface area (Å²) >= 11 is 0. The van der Waals surface area contributed by atoms with Gasteiger partial charge in [-0.1, -0.05) is 19.1 Å². The van der Waals surface area contributed by atoms with Crippen molar-refractivity contribution in [1.82, 2.24) is 5.32 Å². The van der Waals surface area contributed by atoms with Gasteiger partial charge in [-0.05, 0) is 44.1 Å². The molecule has 1 aromatic rings. The van der Waals surface area contributed by atoms with E-state index < -0.39 is 0 Å². The maximum atomic E-state index is 11.0. The molecule has 0 amide bonds. The van der Waals surface area contributed by atoms with E-state index in [1.54, 1.807) is 13.0 Å². The van der Waals surface area contributed by atoms with Crippen LogP contribution in [0.25, 0.3) is 0 Å². The number of aryl methyl sites for hydroxylation is 1. The minimum Gasteiger partial charge on any atom is -0.310 e. The highest BCUT2D eigenvalue weighted by Gasteiger charge is 2.40. The number of nitrogens with one attached hydrogen (secondary N) is 1. The molecule has 0 bridgehead atoms. The fourth-order valence-electron chi connectivity index (χ4n) is 2.41. The Morgan fingerprint density at radius 1 is 1.47 bits per heavy atom. The molecule has 1 N–H and O–H groups in total. The van der Waals surface area contributed by atoms with Gasteiger partial charge in [0.05, 0.1) is 4.92 Å². The summed E-state index contributed by atoms with van der Waals surface area (Å²) in [4.78, 5) is 10.6. The van der Waals surface area contributed by atoms with E-state index in [-0.39, 0.29) is 16.7 Å². The van der Waals surface area contributed by atoms with Crippen molar-refractivity contribution < 1.29 is 4.92 Å². The van der Waals surface area contributed by atoms with Crippen LogP contribution in [0.1, 0.15) is 50.3 Å². The van der Waals surface area contributed by atoms with Crippen LogP contribution in [-0.2, 0) is 0 Å². The van der Waals surface area contributed by atoms with Crippen molar-refractivity contribution in [2.24, 2.45) is 5.41 Å². The number of benzene rings is 1. The molecular formula is C15H22N2O2. The van der Waals surface area contributed by atoms with Crippen LogP contribution < -0.4 is 5.32 Å². The van der Waals surface area contributed by atoms with E-state index in [1.165, 1.54) is 19.3 Å². The maximum Gasteiger partial charge on any atom is 0.272 e. The average molecular weight is 262 g/mol. The van der Waals surface area contributed by atoms with Crippen LogP contribution in [0, 0.1) is 22.5 Å². The molecule has 2 rings (SSSR count). The summed E-state index contributed by atoms with van der Waals surface area (Å²) in [7, 11) is 0. The molecule has 1 fully saturated rings. The predicted octanol–water partition coefficient (Wildman–Crippen LogP) is 3.74. The summed E-state index contributed by atoms with van der Waals surface area (Å²) in [5.74, 6) is 0. The standard InChI is InChI=1S/C15H22N2O2/c1-4-15(7-8-15)10-16-12(3)13-6-5-11(2)14(9-13)17(18)19/h5-6,9,12,16H,4,7-8,10H2,1-3H3. The third-order valence-electron chi connectivity index (χ3n) is 4.42. The van der Waals surface area contributed by atoms with Gasteiger partial charge in [0, 0.05) is 24.2 Å². The monoisotopic (exact) mass is 262 g/mol. The van der Waals surface area contributed by atoms with E-state index in [4.69, 9.17) is 0 Å². The van der Waals surface area contributed by atoms with Gasteiger partial charge in [-0.25, -0.2) is 0 Å². The van der Waals surface area contributed by atoms with E-state index in [9.17, 15) is 10.1 Å². The Hall–Kier alpha value is -1.42. The Balaban J connectivity index is 2.04. The highest BCUT2D eigenvalue weighted by Crippen LogP contribution is 2.48. The van der Waals surface area contributed by atoms with Gasteiger partial charge in [0.15, 0.2) is 0 Å². The third kappa shape index (κ3) is 3.13. The van der Waals surface area contributed by atoms with Crippen molar-refractivity contribution in [2.75, 3.05) is 6.54 Å². The van der Waals surface area contributed by atoms with Gasteiger partial charge in [-0.2, -0.15) is 0 Å². The molecule has 104 valence electrons. The van der Waals surface area contributed by atoms with E-state index in [0.29, 0.717) is 11.0 Å². The van der Waals surface area contributed by atoms with E-state index in [2.05, 4.69) is 19.2 Å². The van der Waals surface area contributed by atoms with Gasteiger partial charge in [-0.3, -0.25) is 10.1 Å². The molecular weight excluding hydrogens is 240 g/mol. The van der Waals surface area contributed by atoms with E-state index >= 15 is 0 Å². The number of nitrogens with zero attached hydrogens (tertiary/aromatic N) is 1. The molecule has 0 radical (unpaired) electrons. The van der Waals surface area contributed by atoms with Crippen LogP contribution in [0.15, 0.2) is 18.2 Å². The van der Waals surface area contributed by atoms with Crippen molar-refractivity contribution in [3.63, 3.8) is 0 Å². The second-order valence-corrected chi connectivity index (χ2v) is 5.76. The van der Waals surface area contributed by atoms with Gasteiger partial charge in [0.2, 0.25) is 0 Å². The molecule has 0 aliphatic heterocycles. The molecule has 0 spiro atoms. The molecule has 4 heteroatoms. The minimum atomic E-state index is -0.306. The zero-order valence-electron chi connectivity index (χ0n) is 11.9. The number of hydrogen-bond donors (Lipinski definition) is 1. The fourth-order valence-corrected chi connectivity index (χ4v) is 2.41. The Kier molecular flexibility index (Phi) is 3.90. The SMILES string of the molecule is CCC1(CNC(C)c2ccc(C)c([N+](=O)[O-])c2)CC1. The lowest BCUT2D eigenvalue weighted by Gasteiger charge is -2.19. The lowest BCUT2D eigenvalue weighted by Crippen LogP contribution is -2.26. The van der Waals surface area contributed by atoms with Gasteiger partial charge < -0.3 is 5.32 Å². The first-order valence-electron chi connectivity index (χ1n) is 6.96. The molecule has 1 unspecified atom stereocenters. The Bertz CT molecular complexity index is 481. The highest BCUT2D eigenvalue weighted by atomic mass is 16.6. The molecule has 1 atom stereocenters. The summed E-state index contributed by atoms with van der Waals surface area (Å²) < 4.78 is 0. The first kappa shape index (κ1) is 14.0. The van der Waals surface area contributed by atoms with Crippen LogP contribution >= 0.6 is 0 Å². The van der Waals surface area contributed by atoms with Crippen LogP contribution in [-0.4, -0.2) is 11.5 Å². The van der Waals surface area contributed by atoms with Crippen molar-refractivity contribution in [1.29, 1.82) is 0 Å². The summed E-state index contributed by atoms with van der Waals surface area (Å²) in [6.07, 6.45) is 3.81. The number of nitro benzene ring substituents is 1. The highest BCUT2D eigenvalue weighted by molar-refractivity contribution is 5.43. The molecule has 0 aromatic heterocycles. The van der Waals surface area contributed by atoms with Crippen molar-refractivity contribution in [3.05, 3.63) is 39.4 Å². The number of nitro groups is 1. The quantitative estimate of drug-likeness (QED) is 0.627. The first-order chi connectivity index (χ1) is 8.97. The molecule has 19 heavy (non-hydrogen) atoms. The number of hydrogen-bond acceptors (Lipinski definition) is 3. The largest absolute Gasteiger partial charge is 0.310 e. The van der Waals surface area contributed by atoms with Crippen LogP contribution in [0.2, 0.25) is 0 Å². The van der Waals surface area contributed by atoms with Crippen molar-refractivity contribution in [3.8, 4) is 0 Å². The summed E-state index contributed by atoms with van der Waals surface area (Å²) in [5, 5.41) is 14.5. The smallest absolute Gasteiger partial charge is 0.272 e. The molecule has 0 heterocycles. The Morgan fingerprint density at radius 3 is 2.68 bits per heavy atom. The lowest BCUT2D eigenvalue weighted by atomic mass is 10.0. The summed E-state index contributed by atoms with van der Waals surface area (Å²) in [6.45, 7) is 7.08. The third-order valence-corrected chi connectivity index (χ3v) is 4.42. The fraction of sp³-hybridized carbons (Fsp3) is 0.600. The molecule has 4 nitrogen and oxygen atoms in total. The topological polar surface area (TPSA) is 55.2 Å². The zero-order valence-corrected chi connectivity index (χ0v) is 11.9. The lowest BCUT2D eigenvalue weighted by molar-refractivity contribution is -0.385. The van der Waals surface area contributed by atoms with Gasteiger partial charge in [0.1, 0.15) is 0 Å². The number of rotatable bonds is 6. The predicted molar refractivity (Wildman–Crippen MR) is 76.2 cm³/mol. The summed E-state index contributed by atoms with van der Waals surface area (Å²) in [6, 6.07) is 5.66. The van der Waals surface area contributed by atoms with E-state index in [1.807, 2.05) is 12.1 Å². The first-order valence-corrected chi connectivity index (χ1v) is 6.96. The average Bonchev–Trinajstić information content (AvgIpc) is 3.17. The second-order valence-electron chi connectivity index (χ2n) is 5.76. The van der Waals surface area contributed by atoms with Crippen LogP contribution in [0.3, 0.4) is 0 Å². The minimum absolute atomic E-state index is 0.156. The van der Waals surface area contributed by atoms with Gasteiger partial charge in [-0.15, -0.1) is 0 Å². The van der Waals surface area contributed by atoms with E-state index in [0.717, 1.165) is 12.1 Å². The molecule has 1 aliphatic carbocycles.